The van der Waals surface area contributed by atoms with E-state index < -0.39 is 0 Å². The average molecular weight is 292 g/mol. The molecule has 3 nitrogen and oxygen atoms in total. The van der Waals surface area contributed by atoms with Crippen molar-refractivity contribution in [2.24, 2.45) is 5.92 Å². The Morgan fingerprint density at radius 1 is 1.16 bits per heavy atom. The van der Waals surface area contributed by atoms with Gasteiger partial charge in [-0.2, -0.15) is 0 Å². The number of unbranched alkanes of at least 4 members (excludes halogenated alkanes) is 3. The molecule has 0 rings (SSSR count). The highest BCUT2D eigenvalue weighted by Crippen LogP contribution is 2.02. The summed E-state index contributed by atoms with van der Waals surface area (Å²) in [5, 5.41) is 12.2. The van der Waals surface area contributed by atoms with Gasteiger partial charge in [-0.1, -0.05) is 40.0 Å². The first-order chi connectivity index (χ1) is 8.93. The highest BCUT2D eigenvalue weighted by atomic mass is 32.1. The Kier molecular flexibility index (Phi) is 17.3. The summed E-state index contributed by atoms with van der Waals surface area (Å²) < 4.78 is 5.25. The van der Waals surface area contributed by atoms with Crippen molar-refractivity contribution in [2.45, 2.75) is 72.8 Å². The number of thiocarbonyl (C=S) groups is 1. The molecule has 116 valence electrons. The number of hydrogen-bond donors (Lipinski definition) is 2. The van der Waals surface area contributed by atoms with Gasteiger partial charge in [0, 0.05) is 6.54 Å². The van der Waals surface area contributed by atoms with Gasteiger partial charge in [-0.05, 0) is 44.8 Å². The van der Waals surface area contributed by atoms with Crippen molar-refractivity contribution < 1.29 is 9.84 Å². The van der Waals surface area contributed by atoms with Gasteiger partial charge in [0.15, 0.2) is 0 Å². The van der Waals surface area contributed by atoms with Crippen LogP contribution in [-0.4, -0.2) is 29.5 Å². The number of hydrogen-bond acceptors (Lipinski definition) is 3. The van der Waals surface area contributed by atoms with Crippen LogP contribution in [0.2, 0.25) is 0 Å². The van der Waals surface area contributed by atoms with Gasteiger partial charge in [-0.3, -0.25) is 0 Å². The van der Waals surface area contributed by atoms with Crippen molar-refractivity contribution in [1.82, 2.24) is 5.32 Å². The third-order valence-corrected chi connectivity index (χ3v) is 2.63. The minimum absolute atomic E-state index is 0.125. The van der Waals surface area contributed by atoms with Crippen molar-refractivity contribution in [3.05, 3.63) is 0 Å². The molecule has 4 heteroatoms. The fourth-order valence-corrected chi connectivity index (χ4v) is 1.80. The van der Waals surface area contributed by atoms with Crippen molar-refractivity contribution in [3.8, 4) is 0 Å². The lowest BCUT2D eigenvalue weighted by Crippen LogP contribution is -2.23. The Bertz CT molecular complexity index is 191. The van der Waals surface area contributed by atoms with Gasteiger partial charge in [0.2, 0.25) is 0 Å². The zero-order valence-electron chi connectivity index (χ0n) is 13.4. The van der Waals surface area contributed by atoms with Crippen LogP contribution in [0, 0.1) is 5.92 Å². The molecule has 0 amide bonds. The molecule has 1 atom stereocenters. The fraction of sp³-hybridized carbons (Fsp3) is 0.933. The molecule has 0 heterocycles. The molecule has 0 saturated heterocycles. The Balaban J connectivity index is 0. The number of aliphatic hydroxyl groups excluding tert-OH is 1. The highest BCUT2D eigenvalue weighted by Gasteiger charge is 1.97. The maximum atomic E-state index is 8.72. The average Bonchev–Trinajstić information content (AvgIpc) is 2.28. The molecule has 0 bridgehead atoms. The first-order valence-corrected chi connectivity index (χ1v) is 7.93. The summed E-state index contributed by atoms with van der Waals surface area (Å²) in [6, 6.07) is 0. The van der Waals surface area contributed by atoms with Crippen LogP contribution in [0.3, 0.4) is 0 Å². The van der Waals surface area contributed by atoms with Gasteiger partial charge in [0.05, 0.1) is 12.7 Å². The number of nitrogens with one attached hydrogen (secondary N) is 1. The van der Waals surface area contributed by atoms with E-state index >= 15 is 0 Å². The molecule has 0 aliphatic carbocycles. The molecular weight excluding hydrogens is 258 g/mol. The normalized spacial score (nSPS) is 11.5. The maximum Gasteiger partial charge on any atom is 0.256 e. The van der Waals surface area contributed by atoms with Crippen LogP contribution in [0.1, 0.15) is 66.7 Å². The van der Waals surface area contributed by atoms with Gasteiger partial charge >= 0.3 is 0 Å². The van der Waals surface area contributed by atoms with Gasteiger partial charge in [-0.15, -0.1) is 0 Å². The number of aliphatic hydroxyl groups is 1. The van der Waals surface area contributed by atoms with Crippen molar-refractivity contribution >= 4 is 17.4 Å². The summed E-state index contributed by atoms with van der Waals surface area (Å²) in [4.78, 5) is 0. The minimum atomic E-state index is -0.125. The molecular formula is C15H33NO2S. The summed E-state index contributed by atoms with van der Waals surface area (Å²) in [6.07, 6.45) is 5.69. The van der Waals surface area contributed by atoms with E-state index in [9.17, 15) is 0 Å². The Labute approximate surface area is 125 Å². The second kappa shape index (κ2) is 15.7. The summed E-state index contributed by atoms with van der Waals surface area (Å²) in [6.45, 7) is 11.8. The number of ether oxygens (including phenoxy) is 1. The summed E-state index contributed by atoms with van der Waals surface area (Å²) in [7, 11) is 0. The molecule has 0 radical (unpaired) electrons. The van der Waals surface area contributed by atoms with Crippen LogP contribution in [0.15, 0.2) is 0 Å². The zero-order valence-corrected chi connectivity index (χ0v) is 14.2. The summed E-state index contributed by atoms with van der Waals surface area (Å²) in [5.74, 6) is 0.625. The molecule has 0 aromatic carbocycles. The molecule has 0 saturated carbocycles. The Morgan fingerprint density at radius 3 is 2.16 bits per heavy atom. The third-order valence-electron chi connectivity index (χ3n) is 2.36. The van der Waals surface area contributed by atoms with Crippen molar-refractivity contribution in [1.29, 1.82) is 0 Å². The Hall–Kier alpha value is -0.350. The van der Waals surface area contributed by atoms with Gasteiger partial charge in [-0.25, -0.2) is 0 Å². The topological polar surface area (TPSA) is 41.5 Å². The first-order valence-electron chi connectivity index (χ1n) is 7.52. The monoisotopic (exact) mass is 291 g/mol. The summed E-state index contributed by atoms with van der Waals surface area (Å²) in [5.41, 5.74) is 0. The first kappa shape index (κ1) is 21.0. The molecule has 0 aliphatic rings. The van der Waals surface area contributed by atoms with Crippen molar-refractivity contribution in [2.75, 3.05) is 13.2 Å². The van der Waals surface area contributed by atoms with E-state index in [0.29, 0.717) is 11.1 Å². The lowest BCUT2D eigenvalue weighted by Gasteiger charge is -2.07. The zero-order chi connectivity index (χ0) is 15.1. The van der Waals surface area contributed by atoms with Gasteiger partial charge in [0.1, 0.15) is 0 Å². The SMILES string of the molecule is CC(C)CC(C)O.CCCCCCOC(=S)NCC. The maximum absolute atomic E-state index is 8.72. The standard InChI is InChI=1S/C9H19NOS.C6H14O/c1-3-5-6-7-8-11-9(12)10-4-2;1-5(2)4-6(3)7/h3-8H2,1-2H3,(H,10,12);5-7H,4H2,1-3H3. The van der Waals surface area contributed by atoms with Crippen LogP contribution in [0.25, 0.3) is 0 Å². The van der Waals surface area contributed by atoms with Crippen molar-refractivity contribution in [3.63, 3.8) is 0 Å². The van der Waals surface area contributed by atoms with Crippen LogP contribution in [0.5, 0.6) is 0 Å². The second-order valence-electron chi connectivity index (χ2n) is 5.21. The van der Waals surface area contributed by atoms with E-state index in [2.05, 4.69) is 26.1 Å². The lowest BCUT2D eigenvalue weighted by atomic mass is 10.1. The highest BCUT2D eigenvalue weighted by molar-refractivity contribution is 7.80. The van der Waals surface area contributed by atoms with E-state index in [1.54, 1.807) is 0 Å². The van der Waals surface area contributed by atoms with E-state index in [1.165, 1.54) is 19.3 Å². The minimum Gasteiger partial charge on any atom is -0.471 e. The van der Waals surface area contributed by atoms with Gasteiger partial charge < -0.3 is 15.2 Å². The van der Waals surface area contributed by atoms with E-state index in [4.69, 9.17) is 22.1 Å². The van der Waals surface area contributed by atoms with Crippen LogP contribution in [-0.2, 0) is 4.74 Å². The number of rotatable bonds is 8. The van der Waals surface area contributed by atoms with Crippen LogP contribution >= 0.6 is 12.2 Å². The molecule has 2 N–H and O–H groups in total. The quantitative estimate of drug-likeness (QED) is 0.526. The lowest BCUT2D eigenvalue weighted by molar-refractivity contribution is 0.168. The molecule has 0 aromatic rings. The summed E-state index contributed by atoms with van der Waals surface area (Å²) >= 11 is 4.90. The molecule has 0 aliphatic heterocycles. The predicted molar refractivity (Wildman–Crippen MR) is 87.5 cm³/mol. The van der Waals surface area contributed by atoms with E-state index in [0.717, 1.165) is 26.0 Å². The molecule has 1 unspecified atom stereocenters. The van der Waals surface area contributed by atoms with Crippen LogP contribution in [0.4, 0.5) is 0 Å². The van der Waals surface area contributed by atoms with E-state index in [1.807, 2.05) is 13.8 Å². The third kappa shape index (κ3) is 23.2. The Morgan fingerprint density at radius 2 is 1.79 bits per heavy atom. The smallest absolute Gasteiger partial charge is 0.256 e. The van der Waals surface area contributed by atoms with Crippen LogP contribution < -0.4 is 5.32 Å². The molecule has 0 aromatic heterocycles. The molecule has 19 heavy (non-hydrogen) atoms. The molecule has 0 fully saturated rings. The molecule has 0 spiro atoms. The largest absolute Gasteiger partial charge is 0.471 e. The fourth-order valence-electron chi connectivity index (χ4n) is 1.57. The van der Waals surface area contributed by atoms with E-state index in [-0.39, 0.29) is 6.10 Å². The van der Waals surface area contributed by atoms with Gasteiger partial charge in [0.25, 0.3) is 5.17 Å². The predicted octanol–water partition coefficient (Wildman–Crippen LogP) is 3.89. The second-order valence-corrected chi connectivity index (χ2v) is 5.58.